The molecule has 2 fully saturated rings. The number of carbonyl (C=O) groups is 2. The summed E-state index contributed by atoms with van der Waals surface area (Å²) < 4.78 is 5.87. The lowest BCUT2D eigenvalue weighted by molar-refractivity contribution is -0.125. The van der Waals surface area contributed by atoms with Crippen LogP contribution in [-0.4, -0.2) is 79.6 Å². The molecular weight excluding hydrogens is 428 g/mol. The summed E-state index contributed by atoms with van der Waals surface area (Å²) in [4.78, 5) is 32.2. The van der Waals surface area contributed by atoms with Crippen LogP contribution in [-0.2, 0) is 9.59 Å². The molecular formula is C27H42N4O3. The first-order valence-electron chi connectivity index (χ1n) is 13.3. The highest BCUT2D eigenvalue weighted by Gasteiger charge is 2.28. The molecule has 0 aromatic heterocycles. The lowest BCUT2D eigenvalue weighted by atomic mass is 9.94. The number of fused-ring (bicyclic) bond motifs is 1. The molecule has 1 unspecified atom stereocenters. The zero-order valence-electron chi connectivity index (χ0n) is 21.1. The van der Waals surface area contributed by atoms with Crippen LogP contribution in [0.4, 0.5) is 5.69 Å². The number of amides is 2. The topological polar surface area (TPSA) is 65.1 Å². The first-order valence-corrected chi connectivity index (χ1v) is 13.3. The van der Waals surface area contributed by atoms with Crippen molar-refractivity contribution in [1.29, 1.82) is 0 Å². The van der Waals surface area contributed by atoms with Gasteiger partial charge in [-0.25, -0.2) is 0 Å². The highest BCUT2D eigenvalue weighted by molar-refractivity contribution is 5.97. The third kappa shape index (κ3) is 6.72. The number of nitrogens with zero attached hydrogens (tertiary/aromatic N) is 3. The summed E-state index contributed by atoms with van der Waals surface area (Å²) in [5, 5.41) is 3.01. The van der Waals surface area contributed by atoms with E-state index >= 15 is 0 Å². The number of hydrogen-bond donors (Lipinski definition) is 1. The highest BCUT2D eigenvalue weighted by atomic mass is 16.5. The van der Waals surface area contributed by atoms with E-state index in [1.807, 2.05) is 32.0 Å². The fourth-order valence-electron chi connectivity index (χ4n) is 5.56. The Labute approximate surface area is 204 Å². The second-order valence-electron chi connectivity index (χ2n) is 10.3. The van der Waals surface area contributed by atoms with Gasteiger partial charge in [0.25, 0.3) is 0 Å². The van der Waals surface area contributed by atoms with Crippen molar-refractivity contribution < 1.29 is 14.3 Å². The van der Waals surface area contributed by atoms with Crippen molar-refractivity contribution in [2.75, 3.05) is 50.7 Å². The number of nitrogens with one attached hydrogen (secondary N) is 1. The number of rotatable bonds is 8. The summed E-state index contributed by atoms with van der Waals surface area (Å²) in [7, 11) is 0. The SMILES string of the molecule is Cc1ccc2c(c1)N(C(=O)CCC(=O)NCCCN1CCN(C3CCCCC3)CC1)CC(C)O2. The van der Waals surface area contributed by atoms with Crippen molar-refractivity contribution in [2.24, 2.45) is 0 Å². The summed E-state index contributed by atoms with van der Waals surface area (Å²) in [6.07, 6.45) is 8.31. The van der Waals surface area contributed by atoms with Crippen LogP contribution in [0, 0.1) is 6.92 Å². The molecule has 188 valence electrons. The fourth-order valence-corrected chi connectivity index (χ4v) is 5.56. The second-order valence-corrected chi connectivity index (χ2v) is 10.3. The minimum atomic E-state index is -0.0579. The summed E-state index contributed by atoms with van der Waals surface area (Å²) in [5.41, 5.74) is 1.90. The van der Waals surface area contributed by atoms with E-state index in [2.05, 4.69) is 15.1 Å². The molecule has 1 atom stereocenters. The van der Waals surface area contributed by atoms with Gasteiger partial charge in [-0.15, -0.1) is 0 Å². The Hall–Kier alpha value is -2.12. The minimum Gasteiger partial charge on any atom is -0.487 e. The van der Waals surface area contributed by atoms with Gasteiger partial charge in [0.05, 0.1) is 12.2 Å². The van der Waals surface area contributed by atoms with Crippen LogP contribution in [0.3, 0.4) is 0 Å². The minimum absolute atomic E-state index is 0.0204. The number of anilines is 1. The number of aryl methyl sites for hydroxylation is 1. The predicted molar refractivity (Wildman–Crippen MR) is 135 cm³/mol. The summed E-state index contributed by atoms with van der Waals surface area (Å²) in [5.74, 6) is 0.677. The molecule has 1 saturated carbocycles. The Morgan fingerprint density at radius 1 is 1.06 bits per heavy atom. The molecule has 7 heteroatoms. The number of carbonyl (C=O) groups excluding carboxylic acids is 2. The number of benzene rings is 1. The maximum Gasteiger partial charge on any atom is 0.227 e. The smallest absolute Gasteiger partial charge is 0.227 e. The van der Waals surface area contributed by atoms with Crippen LogP contribution in [0.15, 0.2) is 18.2 Å². The molecule has 3 aliphatic rings. The summed E-state index contributed by atoms with van der Waals surface area (Å²) in [6, 6.07) is 6.71. The van der Waals surface area contributed by atoms with Crippen LogP contribution >= 0.6 is 0 Å². The maximum absolute atomic E-state index is 12.9. The van der Waals surface area contributed by atoms with E-state index in [1.54, 1.807) is 4.90 Å². The predicted octanol–water partition coefficient (Wildman–Crippen LogP) is 3.35. The largest absolute Gasteiger partial charge is 0.487 e. The lowest BCUT2D eigenvalue weighted by Gasteiger charge is -2.40. The molecule has 4 rings (SSSR count). The first-order chi connectivity index (χ1) is 16.5. The zero-order chi connectivity index (χ0) is 23.9. The van der Waals surface area contributed by atoms with Crippen LogP contribution < -0.4 is 15.0 Å². The molecule has 1 aromatic carbocycles. The Bertz CT molecular complexity index is 831. The fraction of sp³-hybridized carbons (Fsp3) is 0.704. The molecule has 2 heterocycles. The molecule has 34 heavy (non-hydrogen) atoms. The molecule has 1 aromatic rings. The first kappa shape index (κ1) is 25.0. The van der Waals surface area contributed by atoms with Gasteiger partial charge >= 0.3 is 0 Å². The Kier molecular flexibility index (Phi) is 8.84. The molecule has 0 spiro atoms. The van der Waals surface area contributed by atoms with Crippen molar-refractivity contribution in [3.63, 3.8) is 0 Å². The van der Waals surface area contributed by atoms with E-state index < -0.39 is 0 Å². The zero-order valence-corrected chi connectivity index (χ0v) is 21.1. The normalized spacial score (nSPS) is 22.2. The summed E-state index contributed by atoms with van der Waals surface area (Å²) in [6.45, 7) is 10.8. The van der Waals surface area contributed by atoms with Gasteiger partial charge in [0.15, 0.2) is 0 Å². The van der Waals surface area contributed by atoms with Gasteiger partial charge in [0, 0.05) is 51.6 Å². The van der Waals surface area contributed by atoms with Crippen molar-refractivity contribution >= 4 is 17.5 Å². The Balaban J connectivity index is 1.11. The van der Waals surface area contributed by atoms with E-state index in [4.69, 9.17) is 4.74 Å². The monoisotopic (exact) mass is 470 g/mol. The molecule has 1 N–H and O–H groups in total. The molecule has 1 saturated heterocycles. The van der Waals surface area contributed by atoms with Gasteiger partial charge in [-0.2, -0.15) is 0 Å². The van der Waals surface area contributed by atoms with Crippen molar-refractivity contribution in [2.45, 2.75) is 77.4 Å². The van der Waals surface area contributed by atoms with E-state index in [-0.39, 0.29) is 30.8 Å². The third-order valence-corrected chi connectivity index (χ3v) is 7.51. The molecule has 1 aliphatic carbocycles. The average Bonchev–Trinajstić information content (AvgIpc) is 2.86. The van der Waals surface area contributed by atoms with E-state index in [0.717, 1.165) is 49.1 Å². The van der Waals surface area contributed by atoms with E-state index in [9.17, 15) is 9.59 Å². The second kappa shape index (κ2) is 12.0. The quantitative estimate of drug-likeness (QED) is 0.591. The maximum atomic E-state index is 12.9. The van der Waals surface area contributed by atoms with Crippen LogP contribution in [0.5, 0.6) is 5.75 Å². The van der Waals surface area contributed by atoms with Crippen LogP contribution in [0.25, 0.3) is 0 Å². The van der Waals surface area contributed by atoms with Gasteiger partial charge in [-0.3, -0.25) is 14.5 Å². The third-order valence-electron chi connectivity index (χ3n) is 7.51. The number of piperazine rings is 1. The van der Waals surface area contributed by atoms with Crippen molar-refractivity contribution in [3.05, 3.63) is 23.8 Å². The highest BCUT2D eigenvalue weighted by Crippen LogP contribution is 2.34. The molecule has 2 amide bonds. The van der Waals surface area contributed by atoms with Gasteiger partial charge in [-0.05, 0) is 57.4 Å². The Morgan fingerprint density at radius 2 is 1.82 bits per heavy atom. The molecule has 0 bridgehead atoms. The standard InChI is InChI=1S/C27H42N4O3/c1-21-9-10-25-24(19-21)31(20-22(2)34-25)27(33)12-11-26(32)28-13-6-14-29-15-17-30(18-16-29)23-7-4-3-5-8-23/h9-10,19,22-23H,3-8,11-18,20H2,1-2H3,(H,28,32). The van der Waals surface area contributed by atoms with Gasteiger partial charge in [0.2, 0.25) is 11.8 Å². The lowest BCUT2D eigenvalue weighted by Crippen LogP contribution is -2.51. The Morgan fingerprint density at radius 3 is 2.59 bits per heavy atom. The van der Waals surface area contributed by atoms with E-state index in [1.165, 1.54) is 45.2 Å². The van der Waals surface area contributed by atoms with Crippen molar-refractivity contribution in [1.82, 2.24) is 15.1 Å². The molecule has 7 nitrogen and oxygen atoms in total. The average molecular weight is 471 g/mol. The van der Waals surface area contributed by atoms with Gasteiger partial charge in [-0.1, -0.05) is 25.3 Å². The van der Waals surface area contributed by atoms with Crippen LogP contribution in [0.2, 0.25) is 0 Å². The van der Waals surface area contributed by atoms with Crippen molar-refractivity contribution in [3.8, 4) is 5.75 Å². The van der Waals surface area contributed by atoms with Gasteiger partial charge in [0.1, 0.15) is 11.9 Å². The number of ether oxygens (including phenoxy) is 1. The van der Waals surface area contributed by atoms with E-state index in [0.29, 0.717) is 13.1 Å². The van der Waals surface area contributed by atoms with Gasteiger partial charge < -0.3 is 19.9 Å². The molecule has 2 aliphatic heterocycles. The summed E-state index contributed by atoms with van der Waals surface area (Å²) >= 11 is 0. The number of hydrogen-bond acceptors (Lipinski definition) is 5. The van der Waals surface area contributed by atoms with Crippen LogP contribution in [0.1, 0.15) is 63.9 Å². The molecule has 0 radical (unpaired) electrons.